The van der Waals surface area contributed by atoms with Crippen molar-refractivity contribution < 1.29 is 14.3 Å². The van der Waals surface area contributed by atoms with Crippen LogP contribution in [0.15, 0.2) is 47.8 Å². The zero-order chi connectivity index (χ0) is 20.8. The van der Waals surface area contributed by atoms with E-state index in [9.17, 15) is 9.59 Å². The second kappa shape index (κ2) is 10.1. The number of piperazine rings is 1. The van der Waals surface area contributed by atoms with Gasteiger partial charge in [-0.3, -0.25) is 14.5 Å². The largest absolute Gasteiger partial charge is 0.492 e. The molecule has 7 heteroatoms. The Balaban J connectivity index is 1.16. The van der Waals surface area contributed by atoms with Crippen LogP contribution in [0.25, 0.3) is 0 Å². The van der Waals surface area contributed by atoms with E-state index in [1.807, 2.05) is 57.6 Å². The second-order valence-corrected chi connectivity index (χ2v) is 8.82. The van der Waals surface area contributed by atoms with Crippen LogP contribution in [0.5, 0.6) is 5.75 Å². The fraction of sp³-hybridized carbons (Fsp3) is 0.478. The molecule has 2 aliphatic heterocycles. The van der Waals surface area contributed by atoms with Gasteiger partial charge in [-0.1, -0.05) is 24.3 Å². The molecule has 3 heterocycles. The van der Waals surface area contributed by atoms with Crippen LogP contribution >= 0.6 is 11.3 Å². The Morgan fingerprint density at radius 2 is 1.63 bits per heavy atom. The summed E-state index contributed by atoms with van der Waals surface area (Å²) in [7, 11) is 0. The molecule has 1 aromatic heterocycles. The Hall–Kier alpha value is -2.38. The number of ether oxygens (including phenoxy) is 1. The molecule has 0 bridgehead atoms. The Kier molecular flexibility index (Phi) is 7.02. The zero-order valence-corrected chi connectivity index (χ0v) is 18.1. The van der Waals surface area contributed by atoms with E-state index in [-0.39, 0.29) is 17.7 Å². The Labute approximate surface area is 182 Å². The number of piperidine rings is 1. The molecule has 0 unspecified atom stereocenters. The lowest BCUT2D eigenvalue weighted by molar-refractivity contribution is -0.138. The SMILES string of the molecule is O=C(c1cccs1)N1CCC(C(=O)N2CCN(CCOc3ccccc3)CC2)CC1. The normalized spacial score (nSPS) is 18.4. The third-order valence-corrected chi connectivity index (χ3v) is 6.82. The maximum atomic E-state index is 12.9. The maximum Gasteiger partial charge on any atom is 0.263 e. The van der Waals surface area contributed by atoms with Gasteiger partial charge in [-0.2, -0.15) is 0 Å². The molecule has 2 fully saturated rings. The summed E-state index contributed by atoms with van der Waals surface area (Å²) in [5.41, 5.74) is 0. The molecule has 0 spiro atoms. The first-order valence-electron chi connectivity index (χ1n) is 10.7. The average Bonchev–Trinajstić information content (AvgIpc) is 3.34. The third kappa shape index (κ3) is 5.21. The lowest BCUT2D eigenvalue weighted by Gasteiger charge is -2.38. The summed E-state index contributed by atoms with van der Waals surface area (Å²) in [6.07, 6.45) is 1.53. The van der Waals surface area contributed by atoms with Gasteiger partial charge < -0.3 is 14.5 Å². The number of hydrogen-bond acceptors (Lipinski definition) is 5. The molecule has 2 aliphatic rings. The topological polar surface area (TPSA) is 53.1 Å². The number of carbonyl (C=O) groups excluding carboxylic acids is 2. The molecule has 2 aromatic rings. The van der Waals surface area contributed by atoms with Gasteiger partial charge in [0.25, 0.3) is 5.91 Å². The van der Waals surface area contributed by atoms with Gasteiger partial charge in [0.1, 0.15) is 12.4 Å². The number of para-hydroxylation sites is 1. The van der Waals surface area contributed by atoms with Gasteiger partial charge in [-0.25, -0.2) is 0 Å². The molecule has 0 aliphatic carbocycles. The summed E-state index contributed by atoms with van der Waals surface area (Å²) in [6.45, 7) is 6.21. The smallest absolute Gasteiger partial charge is 0.263 e. The first-order valence-corrected chi connectivity index (χ1v) is 11.6. The molecular formula is C23H29N3O3S. The highest BCUT2D eigenvalue weighted by Gasteiger charge is 2.32. The molecule has 1 aromatic carbocycles. The molecule has 30 heavy (non-hydrogen) atoms. The van der Waals surface area contributed by atoms with Gasteiger partial charge in [0, 0.05) is 51.7 Å². The highest BCUT2D eigenvalue weighted by Crippen LogP contribution is 2.23. The van der Waals surface area contributed by atoms with Crippen molar-refractivity contribution in [3.63, 3.8) is 0 Å². The summed E-state index contributed by atoms with van der Waals surface area (Å²) >= 11 is 1.48. The van der Waals surface area contributed by atoms with Crippen LogP contribution in [-0.2, 0) is 4.79 Å². The van der Waals surface area contributed by atoms with Gasteiger partial charge >= 0.3 is 0 Å². The third-order valence-electron chi connectivity index (χ3n) is 5.97. The van der Waals surface area contributed by atoms with Crippen LogP contribution in [0, 0.1) is 5.92 Å². The van der Waals surface area contributed by atoms with Gasteiger partial charge in [0.15, 0.2) is 0 Å². The van der Waals surface area contributed by atoms with Gasteiger partial charge in [0.05, 0.1) is 4.88 Å². The minimum absolute atomic E-state index is 0.0466. The number of thiophene rings is 1. The van der Waals surface area contributed by atoms with Crippen molar-refractivity contribution in [2.75, 3.05) is 52.4 Å². The molecule has 0 N–H and O–H groups in total. The van der Waals surface area contributed by atoms with Crippen molar-refractivity contribution in [2.24, 2.45) is 5.92 Å². The van der Waals surface area contributed by atoms with Gasteiger partial charge in [-0.05, 0) is 36.4 Å². The van der Waals surface area contributed by atoms with E-state index >= 15 is 0 Å². The summed E-state index contributed by atoms with van der Waals surface area (Å²) in [6, 6.07) is 13.6. The quantitative estimate of drug-likeness (QED) is 0.711. The van der Waals surface area contributed by atoms with Crippen LogP contribution in [0.4, 0.5) is 0 Å². The number of hydrogen-bond donors (Lipinski definition) is 0. The van der Waals surface area contributed by atoms with Crippen LogP contribution in [0.2, 0.25) is 0 Å². The van der Waals surface area contributed by atoms with Crippen molar-refractivity contribution in [3.05, 3.63) is 52.7 Å². The van der Waals surface area contributed by atoms with Crippen molar-refractivity contribution >= 4 is 23.2 Å². The summed E-state index contributed by atoms with van der Waals surface area (Å²) in [5, 5.41) is 1.93. The monoisotopic (exact) mass is 427 g/mol. The summed E-state index contributed by atoms with van der Waals surface area (Å²) < 4.78 is 5.78. The molecule has 2 amide bonds. The van der Waals surface area contributed by atoms with E-state index in [4.69, 9.17) is 4.74 Å². The molecule has 0 atom stereocenters. The predicted octanol–water partition coefficient (Wildman–Crippen LogP) is 2.82. The summed E-state index contributed by atoms with van der Waals surface area (Å²) in [5.74, 6) is 1.31. The van der Waals surface area contributed by atoms with Gasteiger partial charge in [-0.15, -0.1) is 11.3 Å². The minimum Gasteiger partial charge on any atom is -0.492 e. The molecule has 0 saturated carbocycles. The number of likely N-dealkylation sites (tertiary alicyclic amines) is 1. The van der Waals surface area contributed by atoms with Crippen LogP contribution in [0.3, 0.4) is 0 Å². The van der Waals surface area contributed by atoms with Crippen LogP contribution in [-0.4, -0.2) is 78.9 Å². The Morgan fingerprint density at radius 3 is 2.30 bits per heavy atom. The van der Waals surface area contributed by atoms with Crippen molar-refractivity contribution in [2.45, 2.75) is 12.8 Å². The zero-order valence-electron chi connectivity index (χ0n) is 17.2. The molecular weight excluding hydrogens is 398 g/mol. The highest BCUT2D eigenvalue weighted by atomic mass is 32.1. The van der Waals surface area contributed by atoms with E-state index in [0.717, 1.165) is 56.2 Å². The first kappa shape index (κ1) is 20.9. The Morgan fingerprint density at radius 1 is 0.900 bits per heavy atom. The Bertz CT molecular complexity index is 811. The fourth-order valence-electron chi connectivity index (χ4n) is 4.14. The average molecular weight is 428 g/mol. The standard InChI is InChI=1S/C23H29N3O3S/c27-22(19-8-10-25(11-9-19)23(28)21-7-4-18-30-21)26-14-12-24(13-15-26)16-17-29-20-5-2-1-3-6-20/h1-7,18-19H,8-17H2. The number of nitrogens with zero attached hydrogens (tertiary/aromatic N) is 3. The van der Waals surface area contributed by atoms with E-state index in [1.165, 1.54) is 11.3 Å². The molecule has 160 valence electrons. The number of benzene rings is 1. The van der Waals surface area contributed by atoms with Crippen LogP contribution in [0.1, 0.15) is 22.5 Å². The van der Waals surface area contributed by atoms with Crippen molar-refractivity contribution in [1.82, 2.24) is 14.7 Å². The number of amides is 2. The lowest BCUT2D eigenvalue weighted by atomic mass is 9.95. The minimum atomic E-state index is 0.0466. The number of rotatable bonds is 6. The predicted molar refractivity (Wildman–Crippen MR) is 118 cm³/mol. The maximum absolute atomic E-state index is 12.9. The first-order chi connectivity index (χ1) is 14.7. The van der Waals surface area contributed by atoms with E-state index < -0.39 is 0 Å². The van der Waals surface area contributed by atoms with E-state index in [1.54, 1.807) is 0 Å². The van der Waals surface area contributed by atoms with Crippen molar-refractivity contribution in [3.8, 4) is 5.75 Å². The van der Waals surface area contributed by atoms with E-state index in [2.05, 4.69) is 4.90 Å². The van der Waals surface area contributed by atoms with Crippen LogP contribution < -0.4 is 4.74 Å². The fourth-order valence-corrected chi connectivity index (χ4v) is 4.84. The second-order valence-electron chi connectivity index (χ2n) is 7.87. The van der Waals surface area contributed by atoms with E-state index in [0.29, 0.717) is 19.7 Å². The summed E-state index contributed by atoms with van der Waals surface area (Å²) in [4.78, 5) is 32.5. The van der Waals surface area contributed by atoms with Crippen molar-refractivity contribution in [1.29, 1.82) is 0 Å². The lowest BCUT2D eigenvalue weighted by Crippen LogP contribution is -2.52. The molecule has 6 nitrogen and oxygen atoms in total. The highest BCUT2D eigenvalue weighted by molar-refractivity contribution is 7.12. The number of carbonyl (C=O) groups is 2. The van der Waals surface area contributed by atoms with Gasteiger partial charge in [0.2, 0.25) is 5.91 Å². The molecule has 2 saturated heterocycles. The molecule has 4 rings (SSSR count). The molecule has 0 radical (unpaired) electrons.